The number of piperidine rings is 1. The van der Waals surface area contributed by atoms with Gasteiger partial charge in [-0.1, -0.05) is 25.3 Å². The van der Waals surface area contributed by atoms with Crippen molar-refractivity contribution in [1.29, 1.82) is 0 Å². The van der Waals surface area contributed by atoms with Crippen molar-refractivity contribution in [2.45, 2.75) is 87.5 Å². The van der Waals surface area contributed by atoms with Gasteiger partial charge in [0.15, 0.2) is 18.1 Å². The van der Waals surface area contributed by atoms with Crippen LogP contribution in [0.4, 0.5) is 13.2 Å². The Labute approximate surface area is 306 Å². The number of halogens is 3. The van der Waals surface area contributed by atoms with Crippen LogP contribution in [0.1, 0.15) is 79.9 Å². The van der Waals surface area contributed by atoms with Crippen LogP contribution in [0, 0.1) is 12.3 Å². The number of hydrogen-bond acceptors (Lipinski definition) is 9. The number of nitrogens with zero attached hydrogens (tertiary/aromatic N) is 4. The maximum Gasteiger partial charge on any atom is 0.422 e. The van der Waals surface area contributed by atoms with Crippen molar-refractivity contribution in [3.05, 3.63) is 66.3 Å². The lowest BCUT2D eigenvalue weighted by Gasteiger charge is -2.57. The third-order valence-corrected chi connectivity index (χ3v) is 12.4. The van der Waals surface area contributed by atoms with Crippen molar-refractivity contribution in [3.8, 4) is 16.9 Å². The number of alkyl halides is 3. The van der Waals surface area contributed by atoms with E-state index in [0.717, 1.165) is 68.5 Å². The van der Waals surface area contributed by atoms with Crippen molar-refractivity contribution in [2.24, 2.45) is 16.9 Å². The lowest BCUT2D eigenvalue weighted by atomic mass is 9.49. The highest BCUT2D eigenvalue weighted by atomic mass is 19.4. The third kappa shape index (κ3) is 6.25. The molecule has 0 atom stereocenters. The van der Waals surface area contributed by atoms with Gasteiger partial charge in [0.2, 0.25) is 0 Å². The van der Waals surface area contributed by atoms with E-state index in [0.29, 0.717) is 70.8 Å². The zero-order chi connectivity index (χ0) is 37.3. The highest BCUT2D eigenvalue weighted by Crippen LogP contribution is 2.59. The Morgan fingerprint density at radius 2 is 1.79 bits per heavy atom. The number of nitrogens with two attached hydrogens (primary N) is 2. The summed E-state index contributed by atoms with van der Waals surface area (Å²) >= 11 is 0. The van der Waals surface area contributed by atoms with Gasteiger partial charge in [0.25, 0.3) is 0 Å². The zero-order valence-electron chi connectivity index (χ0n) is 30.0. The highest BCUT2D eigenvalue weighted by molar-refractivity contribution is 6.05. The summed E-state index contributed by atoms with van der Waals surface area (Å²) in [5.74, 6) is 0.415. The predicted molar refractivity (Wildman–Crippen MR) is 197 cm³/mol. The van der Waals surface area contributed by atoms with E-state index in [2.05, 4.69) is 28.3 Å². The summed E-state index contributed by atoms with van der Waals surface area (Å²) in [6.45, 7) is 11.3. The molecular weight excluding hydrogens is 683 g/mol. The van der Waals surface area contributed by atoms with Gasteiger partial charge in [0, 0.05) is 22.3 Å². The number of nitrogens with one attached hydrogen (secondary N) is 1. The zero-order valence-corrected chi connectivity index (χ0v) is 30.0. The number of ether oxygens (including phenoxy) is 2. The molecule has 1 spiro atoms. The van der Waals surface area contributed by atoms with Gasteiger partial charge in [0.1, 0.15) is 11.3 Å². The molecule has 5 N–H and O–H groups in total. The molecule has 2 saturated carbocycles. The normalized spacial score (nSPS) is 27.1. The number of carbonyl (C=O) groups excluding carboxylic acids is 1. The molecule has 4 aromatic rings. The van der Waals surface area contributed by atoms with Crippen LogP contribution in [-0.2, 0) is 15.1 Å². The summed E-state index contributed by atoms with van der Waals surface area (Å²) in [5.41, 5.74) is 16.2. The number of aryl methyl sites for hydroxylation is 1. The van der Waals surface area contributed by atoms with E-state index < -0.39 is 23.9 Å². The van der Waals surface area contributed by atoms with Gasteiger partial charge in [-0.25, -0.2) is 9.97 Å². The van der Waals surface area contributed by atoms with E-state index in [-0.39, 0.29) is 22.9 Å². The molecule has 0 bridgehead atoms. The molecule has 280 valence electrons. The molecule has 2 saturated heterocycles. The molecule has 53 heavy (non-hydrogen) atoms. The molecular formula is C40H46F3N7O3. The summed E-state index contributed by atoms with van der Waals surface area (Å²) in [7, 11) is 0. The van der Waals surface area contributed by atoms with E-state index >= 15 is 0 Å². The molecule has 0 amide bonds. The topological polar surface area (TPSA) is 145 Å². The lowest BCUT2D eigenvalue weighted by molar-refractivity contribution is -0.153. The average Bonchev–Trinajstić information content (AvgIpc) is 3.58. The number of fused-ring (bicyclic) bond motifs is 2. The van der Waals surface area contributed by atoms with Crippen molar-refractivity contribution >= 4 is 33.7 Å². The SMILES string of the molecule is C=CC(=O)C1(N)CC2(CCC(N)(c3nc(C4CCN(C5COC5)CC4)nc4c(OCC(F)(F)F)c(-c5c(C)ccc6[nH]ncc56)c(C=C)cc34)CC2)C1. The first-order valence-electron chi connectivity index (χ1n) is 18.5. The summed E-state index contributed by atoms with van der Waals surface area (Å²) < 4.78 is 53.5. The van der Waals surface area contributed by atoms with Crippen LogP contribution in [0.3, 0.4) is 0 Å². The van der Waals surface area contributed by atoms with Crippen LogP contribution in [0.25, 0.3) is 39.0 Å². The van der Waals surface area contributed by atoms with Gasteiger partial charge in [-0.05, 0) is 112 Å². The molecule has 2 aliphatic carbocycles. The standard InChI is InChI=1S/C40H46F3N7O3/c1-4-24-16-27-33(34(53-22-40(41,42)43)32(24)31-23(3)6-7-29-28(31)17-46-49-29)47-36(25-8-14-50(15-9-25)26-18-52-19-26)48-35(27)38(44)12-10-37(11-13-38)20-39(45,21-37)30(51)5-2/h4-7,16-17,25-26H,1-2,8-15,18-22,44-45H2,3H3,(H,46,49). The second kappa shape index (κ2) is 13.0. The fourth-order valence-electron chi connectivity index (χ4n) is 9.45. The van der Waals surface area contributed by atoms with Gasteiger partial charge < -0.3 is 20.9 Å². The molecule has 10 nitrogen and oxygen atoms in total. The second-order valence-corrected chi connectivity index (χ2v) is 15.9. The Kier molecular flexibility index (Phi) is 8.79. The van der Waals surface area contributed by atoms with Crippen LogP contribution in [-0.4, -0.2) is 81.5 Å². The van der Waals surface area contributed by atoms with Gasteiger partial charge in [-0.2, -0.15) is 18.3 Å². The molecule has 4 aliphatic rings. The summed E-state index contributed by atoms with van der Waals surface area (Å²) in [4.78, 5) is 25.4. The number of hydrogen-bond donors (Lipinski definition) is 3. The maximum atomic E-state index is 14.1. The number of ketones is 1. The average molecular weight is 730 g/mol. The van der Waals surface area contributed by atoms with Crippen LogP contribution < -0.4 is 16.2 Å². The van der Waals surface area contributed by atoms with Crippen molar-refractivity contribution in [1.82, 2.24) is 25.1 Å². The minimum absolute atomic E-state index is 0.0196. The van der Waals surface area contributed by atoms with Crippen molar-refractivity contribution in [2.75, 3.05) is 32.9 Å². The Morgan fingerprint density at radius 3 is 2.42 bits per heavy atom. The molecule has 13 heteroatoms. The van der Waals surface area contributed by atoms with Gasteiger partial charge >= 0.3 is 6.18 Å². The Bertz CT molecular complexity index is 2100. The van der Waals surface area contributed by atoms with Gasteiger partial charge in [0.05, 0.1) is 47.7 Å². The van der Waals surface area contributed by atoms with Crippen LogP contribution in [0.2, 0.25) is 0 Å². The summed E-state index contributed by atoms with van der Waals surface area (Å²) in [6.07, 6.45) is 5.33. The minimum Gasteiger partial charge on any atom is -0.481 e. The number of carbonyl (C=O) groups is 1. The molecule has 0 unspecified atom stereocenters. The quantitative estimate of drug-likeness (QED) is 0.162. The molecule has 0 radical (unpaired) electrons. The van der Waals surface area contributed by atoms with E-state index in [9.17, 15) is 18.0 Å². The molecule has 8 rings (SSSR count). The molecule has 4 heterocycles. The highest BCUT2D eigenvalue weighted by Gasteiger charge is 2.58. The van der Waals surface area contributed by atoms with Gasteiger partial charge in [-0.3, -0.25) is 14.8 Å². The van der Waals surface area contributed by atoms with Crippen LogP contribution in [0.15, 0.2) is 43.6 Å². The van der Waals surface area contributed by atoms with Crippen molar-refractivity contribution in [3.63, 3.8) is 0 Å². The fourth-order valence-corrected chi connectivity index (χ4v) is 9.45. The van der Waals surface area contributed by atoms with Crippen LogP contribution in [0.5, 0.6) is 5.75 Å². The summed E-state index contributed by atoms with van der Waals surface area (Å²) in [6, 6.07) is 6.11. The molecule has 4 fully saturated rings. The lowest BCUT2D eigenvalue weighted by Crippen LogP contribution is -2.64. The minimum atomic E-state index is -4.61. The van der Waals surface area contributed by atoms with E-state index in [1.54, 1.807) is 12.3 Å². The molecule has 2 aromatic carbocycles. The number of H-pyrrole nitrogens is 1. The Hall–Kier alpha value is -4.17. The largest absolute Gasteiger partial charge is 0.481 e. The Morgan fingerprint density at radius 1 is 1.08 bits per heavy atom. The molecule has 2 aliphatic heterocycles. The van der Waals surface area contributed by atoms with E-state index in [1.165, 1.54) is 6.08 Å². The number of aromatic amines is 1. The van der Waals surface area contributed by atoms with E-state index in [4.69, 9.17) is 30.9 Å². The van der Waals surface area contributed by atoms with Crippen LogP contribution >= 0.6 is 0 Å². The first-order valence-corrected chi connectivity index (χ1v) is 18.5. The Balaban J connectivity index is 1.29. The first kappa shape index (κ1) is 35.8. The summed E-state index contributed by atoms with van der Waals surface area (Å²) in [5, 5.41) is 8.51. The maximum absolute atomic E-state index is 14.1. The van der Waals surface area contributed by atoms with Crippen molar-refractivity contribution < 1.29 is 27.4 Å². The number of aromatic nitrogens is 4. The number of likely N-dealkylation sites (tertiary alicyclic amines) is 1. The van der Waals surface area contributed by atoms with E-state index in [1.807, 2.05) is 25.1 Å². The fraction of sp³-hybridized carbons (Fsp3) is 0.500. The molecule has 2 aromatic heterocycles. The smallest absolute Gasteiger partial charge is 0.422 e. The third-order valence-electron chi connectivity index (χ3n) is 12.4. The monoisotopic (exact) mass is 729 g/mol. The predicted octanol–water partition coefficient (Wildman–Crippen LogP) is 6.60. The first-order chi connectivity index (χ1) is 25.3. The number of benzene rings is 2. The number of rotatable bonds is 9. The van der Waals surface area contributed by atoms with Gasteiger partial charge in [-0.15, -0.1) is 0 Å². The second-order valence-electron chi connectivity index (χ2n) is 15.9.